The van der Waals surface area contributed by atoms with E-state index < -0.39 is 17.7 Å². The highest BCUT2D eigenvalue weighted by atomic mass is 19.1. The Morgan fingerprint density at radius 2 is 1.59 bits per heavy atom. The van der Waals surface area contributed by atoms with Crippen molar-refractivity contribution in [3.8, 4) is 11.5 Å². The summed E-state index contributed by atoms with van der Waals surface area (Å²) in [6, 6.07) is 20.9. The predicted molar refractivity (Wildman–Crippen MR) is 105 cm³/mol. The quantitative estimate of drug-likeness (QED) is 0.289. The van der Waals surface area contributed by atoms with Gasteiger partial charge in [-0.25, -0.2) is 14.6 Å². The maximum absolute atomic E-state index is 13.6. The van der Waals surface area contributed by atoms with Crippen molar-refractivity contribution in [2.24, 2.45) is 5.10 Å². The molecule has 0 heterocycles. The fourth-order valence-electron chi connectivity index (χ4n) is 2.29. The van der Waals surface area contributed by atoms with Crippen molar-refractivity contribution in [3.63, 3.8) is 0 Å². The van der Waals surface area contributed by atoms with Crippen LogP contribution >= 0.6 is 0 Å². The number of hydrogen-bond donors (Lipinski definition) is 1. The minimum absolute atomic E-state index is 0.140. The lowest BCUT2D eigenvalue weighted by molar-refractivity contribution is -0.123. The van der Waals surface area contributed by atoms with Crippen LogP contribution in [0.25, 0.3) is 0 Å². The summed E-state index contributed by atoms with van der Waals surface area (Å²) in [6.07, 6.45) is 1.43. The van der Waals surface area contributed by atoms with E-state index in [9.17, 15) is 14.0 Å². The zero-order valence-electron chi connectivity index (χ0n) is 15.2. The maximum Gasteiger partial charge on any atom is 0.346 e. The van der Waals surface area contributed by atoms with Crippen LogP contribution in [0.2, 0.25) is 0 Å². The van der Waals surface area contributed by atoms with E-state index >= 15 is 0 Å². The number of carbonyl (C=O) groups is 2. The number of esters is 1. The van der Waals surface area contributed by atoms with Crippen molar-refractivity contribution in [1.82, 2.24) is 5.43 Å². The summed E-state index contributed by atoms with van der Waals surface area (Å²) >= 11 is 0. The summed E-state index contributed by atoms with van der Waals surface area (Å²) in [6.45, 7) is -0.160. The van der Waals surface area contributed by atoms with Crippen molar-refractivity contribution in [3.05, 3.63) is 95.8 Å². The molecule has 0 unspecified atom stereocenters. The van der Waals surface area contributed by atoms with Gasteiger partial charge in [0.15, 0.2) is 6.61 Å². The number of nitrogens with zero attached hydrogens (tertiary/aromatic N) is 1. The largest absolute Gasteiger partial charge is 0.484 e. The third-order valence-electron chi connectivity index (χ3n) is 3.70. The summed E-state index contributed by atoms with van der Waals surface area (Å²) in [5.41, 5.74) is 2.88. The van der Waals surface area contributed by atoms with Gasteiger partial charge in [0, 0.05) is 0 Å². The fourth-order valence-corrected chi connectivity index (χ4v) is 2.29. The Hall–Kier alpha value is -4.00. The summed E-state index contributed by atoms with van der Waals surface area (Å²) in [5, 5.41) is 3.84. The topological polar surface area (TPSA) is 77.0 Å². The van der Waals surface area contributed by atoms with E-state index in [1.807, 2.05) is 18.2 Å². The molecule has 0 spiro atoms. The van der Waals surface area contributed by atoms with E-state index in [0.29, 0.717) is 11.3 Å². The lowest BCUT2D eigenvalue weighted by Gasteiger charge is -2.05. The van der Waals surface area contributed by atoms with E-state index in [-0.39, 0.29) is 17.9 Å². The maximum atomic E-state index is 13.6. The molecule has 3 rings (SSSR count). The Morgan fingerprint density at radius 3 is 2.31 bits per heavy atom. The Kier molecular flexibility index (Phi) is 6.67. The molecule has 146 valence electrons. The first-order valence-corrected chi connectivity index (χ1v) is 8.68. The van der Waals surface area contributed by atoms with E-state index in [1.165, 1.54) is 24.4 Å². The Balaban J connectivity index is 1.48. The summed E-state index contributed by atoms with van der Waals surface area (Å²) in [7, 11) is 0. The third kappa shape index (κ3) is 6.00. The minimum Gasteiger partial charge on any atom is -0.484 e. The van der Waals surface area contributed by atoms with E-state index in [4.69, 9.17) is 9.47 Å². The van der Waals surface area contributed by atoms with Gasteiger partial charge in [0.25, 0.3) is 5.91 Å². The molecule has 0 radical (unpaired) electrons. The van der Waals surface area contributed by atoms with Gasteiger partial charge in [-0.15, -0.1) is 0 Å². The third-order valence-corrected chi connectivity index (χ3v) is 3.70. The molecular weight excluding hydrogens is 375 g/mol. The highest BCUT2D eigenvalue weighted by molar-refractivity contribution is 5.91. The van der Waals surface area contributed by atoms with Crippen LogP contribution in [-0.2, 0) is 4.79 Å². The minimum atomic E-state index is -0.782. The first kappa shape index (κ1) is 19.8. The zero-order chi connectivity index (χ0) is 20.5. The second-order valence-electron chi connectivity index (χ2n) is 5.83. The molecule has 0 fully saturated rings. The number of rotatable bonds is 7. The summed E-state index contributed by atoms with van der Waals surface area (Å²) in [4.78, 5) is 23.7. The van der Waals surface area contributed by atoms with Gasteiger partial charge in [-0.1, -0.05) is 30.3 Å². The number of hydrogen-bond acceptors (Lipinski definition) is 5. The van der Waals surface area contributed by atoms with Crippen LogP contribution in [0.1, 0.15) is 15.9 Å². The number of ether oxygens (including phenoxy) is 2. The van der Waals surface area contributed by atoms with Crippen LogP contribution in [0.15, 0.2) is 84.0 Å². The van der Waals surface area contributed by atoms with Crippen LogP contribution in [0.3, 0.4) is 0 Å². The molecular formula is C22H17FN2O4. The smallest absolute Gasteiger partial charge is 0.346 e. The van der Waals surface area contributed by atoms with Crippen LogP contribution in [-0.4, -0.2) is 24.7 Å². The van der Waals surface area contributed by atoms with Gasteiger partial charge in [-0.3, -0.25) is 4.79 Å². The zero-order valence-corrected chi connectivity index (χ0v) is 15.2. The number of carbonyl (C=O) groups excluding carboxylic acids is 2. The van der Waals surface area contributed by atoms with Gasteiger partial charge in [-0.05, 0) is 54.1 Å². The van der Waals surface area contributed by atoms with Crippen LogP contribution in [0.4, 0.5) is 4.39 Å². The average molecular weight is 392 g/mol. The van der Waals surface area contributed by atoms with Crippen LogP contribution in [0.5, 0.6) is 11.5 Å². The first-order valence-electron chi connectivity index (χ1n) is 8.68. The second kappa shape index (κ2) is 9.80. The molecule has 3 aromatic carbocycles. The fraction of sp³-hybridized carbons (Fsp3) is 0.0455. The number of amides is 1. The molecule has 7 heteroatoms. The SMILES string of the molecule is O=C(COc1ccccc1)N/N=C\c1ccc(OC(=O)c2ccccc2F)cc1. The second-order valence-corrected chi connectivity index (χ2v) is 5.83. The number of halogens is 1. The Morgan fingerprint density at radius 1 is 0.897 bits per heavy atom. The molecule has 0 saturated heterocycles. The molecule has 0 saturated carbocycles. The highest BCUT2D eigenvalue weighted by Crippen LogP contribution is 2.15. The molecule has 3 aromatic rings. The summed E-state index contributed by atoms with van der Waals surface area (Å²) in [5.74, 6) is -0.980. The van der Waals surface area contributed by atoms with E-state index in [1.54, 1.807) is 42.5 Å². The Labute approximate surface area is 166 Å². The predicted octanol–water partition coefficient (Wildman–Crippen LogP) is 3.57. The molecule has 0 aliphatic heterocycles. The lowest BCUT2D eigenvalue weighted by atomic mass is 10.2. The van der Waals surface area contributed by atoms with Crippen molar-refractivity contribution >= 4 is 18.1 Å². The summed E-state index contributed by atoms with van der Waals surface area (Å²) < 4.78 is 24.1. The molecule has 1 amide bonds. The Bertz CT molecular complexity index is 1000. The molecule has 1 N–H and O–H groups in total. The van der Waals surface area contributed by atoms with E-state index in [0.717, 1.165) is 0 Å². The number of nitrogens with one attached hydrogen (secondary N) is 1. The van der Waals surface area contributed by atoms with Crippen molar-refractivity contribution in [2.75, 3.05) is 6.61 Å². The van der Waals surface area contributed by atoms with Crippen LogP contribution < -0.4 is 14.9 Å². The number of benzene rings is 3. The average Bonchev–Trinajstić information content (AvgIpc) is 2.74. The highest BCUT2D eigenvalue weighted by Gasteiger charge is 2.13. The molecule has 6 nitrogen and oxygen atoms in total. The van der Waals surface area contributed by atoms with Crippen molar-refractivity contribution in [1.29, 1.82) is 0 Å². The van der Waals surface area contributed by atoms with Gasteiger partial charge < -0.3 is 9.47 Å². The van der Waals surface area contributed by atoms with Crippen molar-refractivity contribution < 1.29 is 23.5 Å². The molecule has 0 aromatic heterocycles. The first-order chi connectivity index (χ1) is 14.1. The molecule has 29 heavy (non-hydrogen) atoms. The normalized spacial score (nSPS) is 10.5. The van der Waals surface area contributed by atoms with Gasteiger partial charge in [-0.2, -0.15) is 5.10 Å². The monoisotopic (exact) mass is 392 g/mol. The van der Waals surface area contributed by atoms with Crippen LogP contribution in [0, 0.1) is 5.82 Å². The molecule has 0 aliphatic carbocycles. The lowest BCUT2D eigenvalue weighted by Crippen LogP contribution is -2.24. The number of para-hydroxylation sites is 1. The van der Waals surface area contributed by atoms with Gasteiger partial charge in [0.1, 0.15) is 17.3 Å². The van der Waals surface area contributed by atoms with E-state index in [2.05, 4.69) is 10.5 Å². The standard InChI is InChI=1S/C22H17FN2O4/c23-20-9-5-4-8-19(20)22(27)29-18-12-10-16(11-13-18)14-24-25-21(26)15-28-17-6-2-1-3-7-17/h1-14H,15H2,(H,25,26)/b24-14-. The molecule has 0 aliphatic rings. The van der Waals surface area contributed by atoms with Gasteiger partial charge in [0.05, 0.1) is 11.8 Å². The van der Waals surface area contributed by atoms with Crippen molar-refractivity contribution in [2.45, 2.75) is 0 Å². The molecule has 0 bridgehead atoms. The van der Waals surface area contributed by atoms with Gasteiger partial charge >= 0.3 is 5.97 Å². The van der Waals surface area contributed by atoms with Gasteiger partial charge in [0.2, 0.25) is 0 Å². The number of hydrazone groups is 1. The molecule has 0 atom stereocenters.